The fourth-order valence-electron chi connectivity index (χ4n) is 4.61. The van der Waals surface area contributed by atoms with Crippen molar-refractivity contribution in [3.05, 3.63) is 11.1 Å². The third kappa shape index (κ3) is 1.33. The van der Waals surface area contributed by atoms with Crippen LogP contribution in [-0.2, 0) is 4.79 Å². The molecule has 1 N–H and O–H groups in total. The summed E-state index contributed by atoms with van der Waals surface area (Å²) in [7, 11) is 0. The number of Topliss-reactive ketones (excluding diaryl/α,β-unsaturated/α-hetero) is 1. The topological polar surface area (TPSA) is 37.3 Å². The van der Waals surface area contributed by atoms with Gasteiger partial charge in [-0.1, -0.05) is 20.8 Å². The summed E-state index contributed by atoms with van der Waals surface area (Å²) in [6, 6.07) is 0. The van der Waals surface area contributed by atoms with Gasteiger partial charge in [0.1, 0.15) is 0 Å². The molecule has 3 aliphatic rings. The van der Waals surface area contributed by atoms with Crippen LogP contribution in [0.25, 0.3) is 0 Å². The van der Waals surface area contributed by atoms with E-state index in [0.29, 0.717) is 35.5 Å². The number of fused-ring (bicyclic) bond motifs is 3. The van der Waals surface area contributed by atoms with Crippen LogP contribution in [0.1, 0.15) is 40.5 Å². The molecule has 0 radical (unpaired) electrons. The van der Waals surface area contributed by atoms with Gasteiger partial charge >= 0.3 is 0 Å². The lowest BCUT2D eigenvalue weighted by atomic mass is 9.84. The standard InChI is InChI=1S/C15H22O2/c1-7-5-11(17)13-8(2)10(16)6-9-14(12(7)13)15(9,3)4/h7,9,11-12,14,17H,5-6H2,1-4H3/t7-,9-,11+,12-,14-/m0/s1. The van der Waals surface area contributed by atoms with Gasteiger partial charge in [-0.25, -0.2) is 0 Å². The maximum absolute atomic E-state index is 12.2. The van der Waals surface area contributed by atoms with Crippen LogP contribution < -0.4 is 0 Å². The Morgan fingerprint density at radius 2 is 2.00 bits per heavy atom. The minimum Gasteiger partial charge on any atom is -0.389 e. The second-order valence-electron chi connectivity index (χ2n) is 6.92. The Balaban J connectivity index is 2.10. The van der Waals surface area contributed by atoms with E-state index in [0.717, 1.165) is 17.6 Å². The van der Waals surface area contributed by atoms with Crippen LogP contribution in [0.2, 0.25) is 0 Å². The molecular formula is C15H22O2. The lowest BCUT2D eigenvalue weighted by Crippen LogP contribution is -2.17. The summed E-state index contributed by atoms with van der Waals surface area (Å²) in [5.41, 5.74) is 2.25. The lowest BCUT2D eigenvalue weighted by Gasteiger charge is -2.20. The number of hydrogen-bond acceptors (Lipinski definition) is 2. The normalized spacial score (nSPS) is 47.6. The fraction of sp³-hybridized carbons (Fsp3) is 0.800. The van der Waals surface area contributed by atoms with Crippen LogP contribution in [0.15, 0.2) is 11.1 Å². The monoisotopic (exact) mass is 234 g/mol. The summed E-state index contributed by atoms with van der Waals surface area (Å²) in [4.78, 5) is 12.2. The van der Waals surface area contributed by atoms with Crippen molar-refractivity contribution in [1.29, 1.82) is 0 Å². The quantitative estimate of drug-likeness (QED) is 0.699. The highest BCUT2D eigenvalue weighted by molar-refractivity contribution is 5.97. The van der Waals surface area contributed by atoms with Gasteiger partial charge in [0.25, 0.3) is 0 Å². The first kappa shape index (κ1) is 11.5. The number of allylic oxidation sites excluding steroid dienone is 1. The van der Waals surface area contributed by atoms with Crippen molar-refractivity contribution >= 4 is 5.78 Å². The second-order valence-corrected chi connectivity index (χ2v) is 6.92. The number of hydrogen-bond donors (Lipinski definition) is 1. The molecule has 94 valence electrons. The van der Waals surface area contributed by atoms with Gasteiger partial charge in [-0.15, -0.1) is 0 Å². The zero-order valence-corrected chi connectivity index (χ0v) is 11.2. The Labute approximate surface area is 103 Å². The van der Waals surface area contributed by atoms with Crippen molar-refractivity contribution in [1.82, 2.24) is 0 Å². The molecule has 2 fully saturated rings. The van der Waals surface area contributed by atoms with Crippen molar-refractivity contribution < 1.29 is 9.90 Å². The van der Waals surface area contributed by atoms with E-state index < -0.39 is 0 Å². The number of aliphatic hydroxyl groups is 1. The van der Waals surface area contributed by atoms with Crippen molar-refractivity contribution in [2.75, 3.05) is 0 Å². The van der Waals surface area contributed by atoms with E-state index in [1.807, 2.05) is 6.92 Å². The molecule has 17 heavy (non-hydrogen) atoms. The SMILES string of the molecule is CC1=C2[C@@H]([C@@H]3[C@H](CC1=O)C3(C)C)[C@@H](C)C[C@H]2O. The van der Waals surface area contributed by atoms with Crippen LogP contribution in [0.3, 0.4) is 0 Å². The van der Waals surface area contributed by atoms with Gasteiger partial charge in [-0.3, -0.25) is 4.79 Å². The van der Waals surface area contributed by atoms with E-state index in [1.165, 1.54) is 0 Å². The van der Waals surface area contributed by atoms with E-state index in [9.17, 15) is 9.90 Å². The number of carbonyl (C=O) groups excluding carboxylic acids is 1. The maximum atomic E-state index is 12.2. The molecule has 5 atom stereocenters. The summed E-state index contributed by atoms with van der Waals surface area (Å²) in [5.74, 6) is 2.41. The molecule has 0 saturated heterocycles. The van der Waals surface area contributed by atoms with Crippen molar-refractivity contribution in [2.45, 2.75) is 46.6 Å². The van der Waals surface area contributed by atoms with E-state index >= 15 is 0 Å². The highest BCUT2D eigenvalue weighted by Gasteiger charge is 2.65. The van der Waals surface area contributed by atoms with Gasteiger partial charge in [-0.05, 0) is 53.6 Å². The average molecular weight is 234 g/mol. The Hall–Kier alpha value is -0.630. The number of aliphatic hydroxyl groups excluding tert-OH is 1. The van der Waals surface area contributed by atoms with Gasteiger partial charge in [0, 0.05) is 6.42 Å². The molecule has 0 unspecified atom stereocenters. The molecule has 0 bridgehead atoms. The Kier molecular flexibility index (Phi) is 2.17. The molecule has 0 aromatic rings. The zero-order valence-electron chi connectivity index (χ0n) is 11.2. The zero-order chi connectivity index (χ0) is 12.5. The minimum atomic E-state index is -0.367. The maximum Gasteiger partial charge on any atom is 0.158 e. The summed E-state index contributed by atoms with van der Waals surface area (Å²) in [5, 5.41) is 10.2. The van der Waals surface area contributed by atoms with Crippen LogP contribution in [0.4, 0.5) is 0 Å². The first-order valence-electron chi connectivity index (χ1n) is 6.77. The van der Waals surface area contributed by atoms with Crippen molar-refractivity contribution in [3.63, 3.8) is 0 Å². The van der Waals surface area contributed by atoms with Gasteiger partial charge in [0.05, 0.1) is 6.10 Å². The first-order chi connectivity index (χ1) is 7.85. The summed E-state index contributed by atoms with van der Waals surface area (Å²) < 4.78 is 0. The third-order valence-corrected chi connectivity index (χ3v) is 5.71. The minimum absolute atomic E-state index is 0.274. The number of rotatable bonds is 0. The number of carbonyl (C=O) groups is 1. The van der Waals surface area contributed by atoms with Crippen molar-refractivity contribution in [2.24, 2.45) is 29.1 Å². The molecule has 3 rings (SSSR count). The fourth-order valence-corrected chi connectivity index (χ4v) is 4.61. The Morgan fingerprint density at radius 1 is 1.35 bits per heavy atom. The predicted molar refractivity (Wildman–Crippen MR) is 66.4 cm³/mol. The highest BCUT2D eigenvalue weighted by Crippen LogP contribution is 2.69. The van der Waals surface area contributed by atoms with Gasteiger partial charge in [0.15, 0.2) is 5.78 Å². The lowest BCUT2D eigenvalue weighted by molar-refractivity contribution is -0.116. The first-order valence-corrected chi connectivity index (χ1v) is 6.77. The van der Waals surface area contributed by atoms with Crippen LogP contribution in [-0.4, -0.2) is 17.0 Å². The van der Waals surface area contributed by atoms with Gasteiger partial charge in [-0.2, -0.15) is 0 Å². The predicted octanol–water partition coefficient (Wildman–Crippen LogP) is 2.56. The molecule has 2 saturated carbocycles. The Morgan fingerprint density at radius 3 is 2.65 bits per heavy atom. The van der Waals surface area contributed by atoms with E-state index in [4.69, 9.17) is 0 Å². The molecule has 0 aliphatic heterocycles. The third-order valence-electron chi connectivity index (χ3n) is 5.71. The molecule has 3 aliphatic carbocycles. The summed E-state index contributed by atoms with van der Waals surface area (Å²) in [6.07, 6.45) is 1.17. The molecule has 2 nitrogen and oxygen atoms in total. The average Bonchev–Trinajstić information content (AvgIpc) is 2.65. The van der Waals surface area contributed by atoms with Crippen LogP contribution >= 0.6 is 0 Å². The van der Waals surface area contributed by atoms with E-state index in [2.05, 4.69) is 20.8 Å². The van der Waals surface area contributed by atoms with Crippen molar-refractivity contribution in [3.8, 4) is 0 Å². The smallest absolute Gasteiger partial charge is 0.158 e. The van der Waals surface area contributed by atoms with Crippen LogP contribution in [0, 0.1) is 29.1 Å². The second kappa shape index (κ2) is 3.23. The van der Waals surface area contributed by atoms with Crippen LogP contribution in [0.5, 0.6) is 0 Å². The highest BCUT2D eigenvalue weighted by atomic mass is 16.3. The van der Waals surface area contributed by atoms with Gasteiger partial charge < -0.3 is 5.11 Å². The molecule has 2 heteroatoms. The largest absolute Gasteiger partial charge is 0.389 e. The van der Waals surface area contributed by atoms with E-state index in [1.54, 1.807) is 0 Å². The Bertz CT molecular complexity index is 419. The molecule has 0 spiro atoms. The molecule has 0 amide bonds. The number of ketones is 1. The molecule has 0 heterocycles. The molecule has 0 aromatic heterocycles. The molecular weight excluding hydrogens is 212 g/mol. The van der Waals surface area contributed by atoms with E-state index in [-0.39, 0.29) is 11.9 Å². The van der Waals surface area contributed by atoms with Gasteiger partial charge in [0.2, 0.25) is 0 Å². The summed E-state index contributed by atoms with van der Waals surface area (Å²) >= 11 is 0. The summed E-state index contributed by atoms with van der Waals surface area (Å²) in [6.45, 7) is 8.72. The molecule has 0 aromatic carbocycles.